The summed E-state index contributed by atoms with van der Waals surface area (Å²) in [5.74, 6) is 0.380. The Labute approximate surface area is 182 Å². The number of benzene rings is 1. The van der Waals surface area contributed by atoms with E-state index in [1.165, 1.54) is 12.8 Å². The number of rotatable bonds is 3. The minimum absolute atomic E-state index is 0.0494. The standard InChI is InChI=1S/C25H29NO5/c1-15-22(25(28)31-17-7-4-2-3-5-8-17)23(24-18(26-15)9-6-10-19(24)27)16-11-12-20-21(13-16)30-14-29-20/h9,11-13,17,23-24,26H,2-8,10,14H2,1H3. The van der Waals surface area contributed by atoms with Gasteiger partial charge < -0.3 is 19.5 Å². The summed E-state index contributed by atoms with van der Waals surface area (Å²) in [6.45, 7) is 2.09. The second kappa shape index (κ2) is 8.40. The molecular formula is C25H29NO5. The molecule has 1 aromatic carbocycles. The van der Waals surface area contributed by atoms with E-state index in [0.717, 1.165) is 49.1 Å². The zero-order valence-corrected chi connectivity index (χ0v) is 17.9. The van der Waals surface area contributed by atoms with E-state index in [1.807, 2.05) is 25.1 Å². The third-order valence-electron chi connectivity index (χ3n) is 6.87. The topological polar surface area (TPSA) is 73.9 Å². The molecule has 4 aliphatic rings. The van der Waals surface area contributed by atoms with Gasteiger partial charge in [0.1, 0.15) is 11.9 Å². The number of Topliss-reactive ketones (excluding diaryl/α,β-unsaturated/α-hetero) is 1. The van der Waals surface area contributed by atoms with Crippen molar-refractivity contribution in [2.24, 2.45) is 5.92 Å². The van der Waals surface area contributed by atoms with E-state index in [0.29, 0.717) is 23.5 Å². The van der Waals surface area contributed by atoms with Gasteiger partial charge in [-0.15, -0.1) is 0 Å². The highest BCUT2D eigenvalue weighted by atomic mass is 16.7. The zero-order valence-electron chi connectivity index (χ0n) is 17.9. The predicted molar refractivity (Wildman–Crippen MR) is 115 cm³/mol. The fourth-order valence-electron chi connectivity index (χ4n) is 5.32. The van der Waals surface area contributed by atoms with Crippen molar-refractivity contribution in [2.45, 2.75) is 70.3 Å². The van der Waals surface area contributed by atoms with Gasteiger partial charge in [0, 0.05) is 23.7 Å². The highest BCUT2D eigenvalue weighted by Crippen LogP contribution is 2.46. The first-order chi connectivity index (χ1) is 15.1. The van der Waals surface area contributed by atoms with E-state index in [2.05, 4.69) is 11.4 Å². The monoisotopic (exact) mass is 423 g/mol. The minimum atomic E-state index is -0.408. The van der Waals surface area contributed by atoms with Crippen molar-refractivity contribution in [2.75, 3.05) is 6.79 Å². The van der Waals surface area contributed by atoms with Crippen LogP contribution in [0.1, 0.15) is 69.8 Å². The van der Waals surface area contributed by atoms with Crippen molar-refractivity contribution in [1.29, 1.82) is 0 Å². The Morgan fingerprint density at radius 1 is 1.06 bits per heavy atom. The molecule has 1 aromatic rings. The van der Waals surface area contributed by atoms with Gasteiger partial charge in [-0.05, 0) is 56.7 Å². The highest BCUT2D eigenvalue weighted by molar-refractivity contribution is 5.96. The normalized spacial score (nSPS) is 26.0. The number of hydrogen-bond acceptors (Lipinski definition) is 6. The maximum atomic E-state index is 13.5. The molecule has 0 spiro atoms. The lowest BCUT2D eigenvalue weighted by Gasteiger charge is -2.38. The van der Waals surface area contributed by atoms with Crippen LogP contribution in [0, 0.1) is 5.92 Å². The summed E-state index contributed by atoms with van der Waals surface area (Å²) in [4.78, 5) is 26.5. The fourth-order valence-corrected chi connectivity index (χ4v) is 5.32. The van der Waals surface area contributed by atoms with Crippen LogP contribution in [0.5, 0.6) is 11.5 Å². The van der Waals surface area contributed by atoms with Gasteiger partial charge in [0.05, 0.1) is 11.5 Å². The molecule has 164 valence electrons. The summed E-state index contributed by atoms with van der Waals surface area (Å²) in [5.41, 5.74) is 3.09. The van der Waals surface area contributed by atoms with Crippen LogP contribution in [0.4, 0.5) is 0 Å². The molecule has 2 atom stereocenters. The van der Waals surface area contributed by atoms with Gasteiger partial charge in [-0.25, -0.2) is 4.79 Å². The molecule has 2 aliphatic heterocycles. The van der Waals surface area contributed by atoms with Crippen LogP contribution in [0.2, 0.25) is 0 Å². The highest BCUT2D eigenvalue weighted by Gasteiger charge is 2.44. The van der Waals surface area contributed by atoms with Gasteiger partial charge in [-0.1, -0.05) is 25.0 Å². The molecule has 0 radical (unpaired) electrons. The summed E-state index contributed by atoms with van der Waals surface area (Å²) in [5, 5.41) is 3.34. The molecule has 6 heteroatoms. The fraction of sp³-hybridized carbons (Fsp3) is 0.520. The van der Waals surface area contributed by atoms with Crippen molar-refractivity contribution in [3.8, 4) is 11.5 Å². The van der Waals surface area contributed by atoms with E-state index in [4.69, 9.17) is 14.2 Å². The third-order valence-corrected chi connectivity index (χ3v) is 6.87. The molecule has 6 nitrogen and oxygen atoms in total. The van der Waals surface area contributed by atoms with Crippen LogP contribution < -0.4 is 14.8 Å². The number of carbonyl (C=O) groups excluding carboxylic acids is 2. The molecule has 5 rings (SSSR count). The first-order valence-corrected chi connectivity index (χ1v) is 11.4. The largest absolute Gasteiger partial charge is 0.459 e. The van der Waals surface area contributed by atoms with Crippen molar-refractivity contribution in [3.05, 3.63) is 46.8 Å². The van der Waals surface area contributed by atoms with E-state index in [1.54, 1.807) is 0 Å². The number of ether oxygens (including phenoxy) is 3. The third kappa shape index (κ3) is 3.84. The molecule has 0 saturated heterocycles. The van der Waals surface area contributed by atoms with Gasteiger partial charge >= 0.3 is 5.97 Å². The van der Waals surface area contributed by atoms with E-state index >= 15 is 0 Å². The lowest BCUT2D eigenvalue weighted by molar-refractivity contribution is -0.145. The zero-order chi connectivity index (χ0) is 21.4. The Balaban J connectivity index is 1.53. The Hall–Kier alpha value is -2.76. The SMILES string of the molecule is CC1=C(C(=O)OC2CCCCCC2)C(c2ccc3c(c2)OCO3)C2C(=O)CCC=C2N1. The number of esters is 1. The molecule has 1 saturated carbocycles. The second-order valence-corrected chi connectivity index (χ2v) is 8.92. The molecule has 0 aromatic heterocycles. The summed E-state index contributed by atoms with van der Waals surface area (Å²) in [6, 6.07) is 5.71. The molecule has 0 bridgehead atoms. The van der Waals surface area contributed by atoms with Crippen LogP contribution >= 0.6 is 0 Å². The molecule has 0 amide bonds. The molecule has 31 heavy (non-hydrogen) atoms. The van der Waals surface area contributed by atoms with Crippen molar-refractivity contribution in [3.63, 3.8) is 0 Å². The molecular weight excluding hydrogens is 394 g/mol. The molecule has 2 heterocycles. The lowest BCUT2D eigenvalue weighted by Crippen LogP contribution is -2.41. The summed E-state index contributed by atoms with van der Waals surface area (Å²) in [6.07, 6.45) is 9.64. The van der Waals surface area contributed by atoms with Crippen LogP contribution in [0.15, 0.2) is 41.2 Å². The average Bonchev–Trinajstić information content (AvgIpc) is 3.08. The van der Waals surface area contributed by atoms with Crippen molar-refractivity contribution < 1.29 is 23.8 Å². The average molecular weight is 424 g/mol. The first kappa shape index (κ1) is 20.2. The van der Waals surface area contributed by atoms with Crippen molar-refractivity contribution >= 4 is 11.8 Å². The minimum Gasteiger partial charge on any atom is -0.459 e. The van der Waals surface area contributed by atoms with Gasteiger partial charge in [-0.2, -0.15) is 0 Å². The lowest BCUT2D eigenvalue weighted by atomic mass is 9.71. The molecule has 2 aliphatic carbocycles. The quantitative estimate of drug-likeness (QED) is 0.570. The van der Waals surface area contributed by atoms with Gasteiger partial charge in [0.25, 0.3) is 0 Å². The Morgan fingerprint density at radius 3 is 2.65 bits per heavy atom. The van der Waals surface area contributed by atoms with E-state index in [-0.39, 0.29) is 24.6 Å². The maximum absolute atomic E-state index is 13.5. The van der Waals surface area contributed by atoms with Gasteiger partial charge in [-0.3, -0.25) is 4.79 Å². The van der Waals surface area contributed by atoms with Crippen LogP contribution in [0.25, 0.3) is 0 Å². The Bertz CT molecular complexity index is 955. The second-order valence-electron chi connectivity index (χ2n) is 8.92. The van der Waals surface area contributed by atoms with Crippen LogP contribution in [-0.4, -0.2) is 24.6 Å². The number of fused-ring (bicyclic) bond motifs is 2. The summed E-state index contributed by atoms with van der Waals surface area (Å²) < 4.78 is 17.1. The Kier molecular flexibility index (Phi) is 5.47. The smallest absolute Gasteiger partial charge is 0.336 e. The van der Waals surface area contributed by atoms with Crippen LogP contribution in [0.3, 0.4) is 0 Å². The van der Waals surface area contributed by atoms with Crippen molar-refractivity contribution in [1.82, 2.24) is 5.32 Å². The number of ketones is 1. The first-order valence-electron chi connectivity index (χ1n) is 11.4. The summed E-state index contributed by atoms with van der Waals surface area (Å²) >= 11 is 0. The van der Waals surface area contributed by atoms with Gasteiger partial charge in [0.2, 0.25) is 6.79 Å². The predicted octanol–water partition coefficient (Wildman–Crippen LogP) is 4.51. The van der Waals surface area contributed by atoms with E-state index < -0.39 is 11.8 Å². The number of carbonyl (C=O) groups is 2. The van der Waals surface area contributed by atoms with Crippen LogP contribution in [-0.2, 0) is 14.3 Å². The number of allylic oxidation sites excluding steroid dienone is 3. The number of nitrogens with one attached hydrogen (secondary N) is 1. The van der Waals surface area contributed by atoms with Gasteiger partial charge in [0.15, 0.2) is 11.5 Å². The maximum Gasteiger partial charge on any atom is 0.336 e. The molecule has 1 fully saturated rings. The summed E-state index contributed by atoms with van der Waals surface area (Å²) in [7, 11) is 0. The number of hydrogen-bond donors (Lipinski definition) is 1. The Morgan fingerprint density at radius 2 is 1.84 bits per heavy atom. The molecule has 2 unspecified atom stereocenters. The van der Waals surface area contributed by atoms with E-state index in [9.17, 15) is 9.59 Å². The molecule has 1 N–H and O–H groups in total.